The van der Waals surface area contributed by atoms with E-state index in [0.717, 1.165) is 0 Å². The van der Waals surface area contributed by atoms with E-state index in [1.165, 1.54) is 6.08 Å². The van der Waals surface area contributed by atoms with Gasteiger partial charge in [0.1, 0.15) is 5.75 Å². The molecule has 1 amide bonds. The first kappa shape index (κ1) is 14.7. The number of methoxy groups -OCH3 is 1. The predicted octanol–water partition coefficient (Wildman–Crippen LogP) is 2.13. The number of hydrogen-bond donors (Lipinski definition) is 1. The minimum absolute atomic E-state index is 0.0225. The summed E-state index contributed by atoms with van der Waals surface area (Å²) in [5, 5.41) is 2.53. The van der Waals surface area contributed by atoms with E-state index < -0.39 is 0 Å². The Balaban J connectivity index is 2.48. The van der Waals surface area contributed by atoms with Crippen LogP contribution in [0.25, 0.3) is 0 Å². The number of carbonyl (C=O) groups is 2. The van der Waals surface area contributed by atoms with Crippen LogP contribution in [-0.4, -0.2) is 25.3 Å². The van der Waals surface area contributed by atoms with Gasteiger partial charge in [-0.15, -0.1) is 0 Å². The Kier molecular flexibility index (Phi) is 6.09. The number of carbonyl (C=O) groups excluding carboxylic acids is 2. The molecular weight excluding hydrogens is 242 g/mol. The topological polar surface area (TPSA) is 55.4 Å². The van der Waals surface area contributed by atoms with Gasteiger partial charge in [-0.25, -0.2) is 0 Å². The second-order valence-corrected chi connectivity index (χ2v) is 3.75. The first-order chi connectivity index (χ1) is 9.17. The van der Waals surface area contributed by atoms with Crippen molar-refractivity contribution in [3.05, 3.63) is 54.1 Å². The molecule has 1 aromatic rings. The molecule has 4 nitrogen and oxygen atoms in total. The molecule has 0 bridgehead atoms. The lowest BCUT2D eigenvalue weighted by atomic mass is 10.1. The van der Waals surface area contributed by atoms with Crippen LogP contribution >= 0.6 is 0 Å². The largest absolute Gasteiger partial charge is 0.497 e. The SMILES string of the molecule is C/C=C/C=C/C(=O)NCC(=O)c1ccc(OC)cc1. The predicted molar refractivity (Wildman–Crippen MR) is 74.3 cm³/mol. The van der Waals surface area contributed by atoms with Gasteiger partial charge >= 0.3 is 0 Å². The molecule has 0 saturated heterocycles. The van der Waals surface area contributed by atoms with E-state index in [4.69, 9.17) is 4.74 Å². The van der Waals surface area contributed by atoms with Gasteiger partial charge in [0, 0.05) is 11.6 Å². The van der Waals surface area contributed by atoms with Crippen LogP contribution in [0.1, 0.15) is 17.3 Å². The summed E-state index contributed by atoms with van der Waals surface area (Å²) in [7, 11) is 1.56. The molecule has 1 N–H and O–H groups in total. The zero-order chi connectivity index (χ0) is 14.1. The Bertz CT molecular complexity index is 487. The fraction of sp³-hybridized carbons (Fsp3) is 0.200. The number of ether oxygens (including phenoxy) is 1. The van der Waals surface area contributed by atoms with Crippen molar-refractivity contribution in [2.45, 2.75) is 6.92 Å². The molecule has 0 unspecified atom stereocenters. The highest BCUT2D eigenvalue weighted by Crippen LogP contribution is 2.11. The van der Waals surface area contributed by atoms with Gasteiger partial charge in [-0.3, -0.25) is 9.59 Å². The highest BCUT2D eigenvalue weighted by molar-refractivity contribution is 6.00. The van der Waals surface area contributed by atoms with Crippen LogP contribution in [0.2, 0.25) is 0 Å². The van der Waals surface area contributed by atoms with Gasteiger partial charge in [0.15, 0.2) is 5.78 Å². The van der Waals surface area contributed by atoms with E-state index in [-0.39, 0.29) is 18.2 Å². The normalized spacial score (nSPS) is 10.8. The van der Waals surface area contributed by atoms with Gasteiger partial charge in [-0.05, 0) is 31.2 Å². The highest BCUT2D eigenvalue weighted by atomic mass is 16.5. The highest BCUT2D eigenvalue weighted by Gasteiger charge is 2.06. The van der Waals surface area contributed by atoms with E-state index in [2.05, 4.69) is 5.32 Å². The van der Waals surface area contributed by atoms with E-state index in [1.54, 1.807) is 43.5 Å². The maximum Gasteiger partial charge on any atom is 0.244 e. The number of benzene rings is 1. The van der Waals surface area contributed by atoms with Crippen molar-refractivity contribution in [3.63, 3.8) is 0 Å². The van der Waals surface area contributed by atoms with Crippen LogP contribution in [0.15, 0.2) is 48.6 Å². The molecule has 0 fully saturated rings. The first-order valence-corrected chi connectivity index (χ1v) is 5.92. The lowest BCUT2D eigenvalue weighted by Crippen LogP contribution is -2.27. The Morgan fingerprint density at radius 2 is 1.89 bits per heavy atom. The van der Waals surface area contributed by atoms with E-state index in [9.17, 15) is 9.59 Å². The second-order valence-electron chi connectivity index (χ2n) is 3.75. The molecule has 0 aliphatic rings. The molecule has 0 aromatic heterocycles. The van der Waals surface area contributed by atoms with Gasteiger partial charge in [-0.2, -0.15) is 0 Å². The minimum Gasteiger partial charge on any atom is -0.497 e. The van der Waals surface area contributed by atoms with E-state index in [1.807, 2.05) is 13.0 Å². The molecule has 100 valence electrons. The Morgan fingerprint density at radius 1 is 1.21 bits per heavy atom. The quantitative estimate of drug-likeness (QED) is 0.483. The fourth-order valence-corrected chi connectivity index (χ4v) is 1.36. The van der Waals surface area contributed by atoms with Gasteiger partial charge in [0.05, 0.1) is 13.7 Å². The maximum atomic E-state index is 11.8. The zero-order valence-electron chi connectivity index (χ0n) is 11.1. The molecular formula is C15H17NO3. The molecule has 0 atom stereocenters. The summed E-state index contributed by atoms with van der Waals surface area (Å²) in [5.74, 6) is 0.255. The first-order valence-electron chi connectivity index (χ1n) is 5.92. The van der Waals surface area contributed by atoms with Crippen LogP contribution < -0.4 is 10.1 Å². The number of rotatable bonds is 6. The molecule has 1 rings (SSSR count). The molecule has 4 heteroatoms. The standard InChI is InChI=1S/C15H17NO3/c1-3-4-5-6-15(18)16-11-14(17)12-7-9-13(19-2)10-8-12/h3-10H,11H2,1-2H3,(H,16,18)/b4-3+,6-5+. The summed E-state index contributed by atoms with van der Waals surface area (Å²) in [4.78, 5) is 23.1. The van der Waals surface area contributed by atoms with E-state index >= 15 is 0 Å². The van der Waals surface area contributed by atoms with Gasteiger partial charge in [0.2, 0.25) is 5.91 Å². The third-order valence-corrected chi connectivity index (χ3v) is 2.39. The molecule has 0 heterocycles. The average Bonchev–Trinajstić information content (AvgIpc) is 2.45. The lowest BCUT2D eigenvalue weighted by Gasteiger charge is -2.03. The number of amides is 1. The molecule has 0 aliphatic heterocycles. The molecule has 0 radical (unpaired) electrons. The molecule has 19 heavy (non-hydrogen) atoms. The lowest BCUT2D eigenvalue weighted by molar-refractivity contribution is -0.116. The second kappa shape index (κ2) is 7.87. The number of allylic oxidation sites excluding steroid dienone is 3. The van der Waals surface area contributed by atoms with Crippen molar-refractivity contribution >= 4 is 11.7 Å². The number of Topliss-reactive ketones (excluding diaryl/α,β-unsaturated/α-hetero) is 1. The average molecular weight is 259 g/mol. The summed E-state index contributed by atoms with van der Waals surface area (Å²) in [6, 6.07) is 6.76. The van der Waals surface area contributed by atoms with Crippen molar-refractivity contribution in [2.75, 3.05) is 13.7 Å². The Labute approximate surface area is 112 Å². The summed E-state index contributed by atoms with van der Waals surface area (Å²) in [5.41, 5.74) is 0.540. The maximum absolute atomic E-state index is 11.8. The van der Waals surface area contributed by atoms with Crippen LogP contribution in [-0.2, 0) is 4.79 Å². The number of hydrogen-bond acceptors (Lipinski definition) is 3. The third kappa shape index (κ3) is 5.21. The van der Waals surface area contributed by atoms with Crippen LogP contribution in [0.3, 0.4) is 0 Å². The Morgan fingerprint density at radius 3 is 2.47 bits per heavy atom. The van der Waals surface area contributed by atoms with Crippen LogP contribution in [0.4, 0.5) is 0 Å². The zero-order valence-corrected chi connectivity index (χ0v) is 11.1. The molecule has 0 spiro atoms. The van der Waals surface area contributed by atoms with Crippen LogP contribution in [0, 0.1) is 0 Å². The van der Waals surface area contributed by atoms with Gasteiger partial charge < -0.3 is 10.1 Å². The Hall–Kier alpha value is -2.36. The van der Waals surface area contributed by atoms with E-state index in [0.29, 0.717) is 11.3 Å². The van der Waals surface area contributed by atoms with Gasteiger partial charge in [-0.1, -0.05) is 18.2 Å². The monoisotopic (exact) mass is 259 g/mol. The molecule has 1 aromatic carbocycles. The smallest absolute Gasteiger partial charge is 0.244 e. The fourth-order valence-electron chi connectivity index (χ4n) is 1.36. The summed E-state index contributed by atoms with van der Waals surface area (Å²) in [6.45, 7) is 1.83. The van der Waals surface area contributed by atoms with Crippen molar-refractivity contribution in [3.8, 4) is 5.75 Å². The van der Waals surface area contributed by atoms with Crippen molar-refractivity contribution in [1.82, 2.24) is 5.32 Å². The van der Waals surface area contributed by atoms with Gasteiger partial charge in [0.25, 0.3) is 0 Å². The number of ketones is 1. The van der Waals surface area contributed by atoms with Crippen molar-refractivity contribution in [1.29, 1.82) is 0 Å². The summed E-state index contributed by atoms with van der Waals surface area (Å²) in [6.07, 6.45) is 6.55. The number of nitrogens with one attached hydrogen (secondary N) is 1. The van der Waals surface area contributed by atoms with Crippen LogP contribution in [0.5, 0.6) is 5.75 Å². The molecule has 0 aliphatic carbocycles. The molecule has 0 saturated carbocycles. The summed E-state index contributed by atoms with van der Waals surface area (Å²) >= 11 is 0. The third-order valence-electron chi connectivity index (χ3n) is 2.39. The van der Waals surface area contributed by atoms with Crippen molar-refractivity contribution < 1.29 is 14.3 Å². The summed E-state index contributed by atoms with van der Waals surface area (Å²) < 4.78 is 5.01. The van der Waals surface area contributed by atoms with Crippen molar-refractivity contribution in [2.24, 2.45) is 0 Å². The minimum atomic E-state index is -0.292.